The largest absolute Gasteiger partial charge is 0.495 e. The number of anilines is 1. The zero-order valence-electron chi connectivity index (χ0n) is 14.5. The quantitative estimate of drug-likeness (QED) is 0.810. The number of hydrogen-bond donors (Lipinski definition) is 0. The summed E-state index contributed by atoms with van der Waals surface area (Å²) in [5.41, 5.74) is 1.68. The highest BCUT2D eigenvalue weighted by Gasteiger charge is 2.30. The molecule has 0 radical (unpaired) electrons. The highest BCUT2D eigenvalue weighted by Crippen LogP contribution is 2.33. The molecule has 0 aliphatic rings. The average molecular weight is 291 g/mol. The fourth-order valence-corrected chi connectivity index (χ4v) is 2.23. The maximum atomic E-state index is 12.8. The fraction of sp³-hybridized carbons (Fsp3) is 0.611. The third-order valence-corrected chi connectivity index (χ3v) is 3.38. The molecule has 1 amide bonds. The summed E-state index contributed by atoms with van der Waals surface area (Å²) in [5, 5.41) is 0. The van der Waals surface area contributed by atoms with Gasteiger partial charge >= 0.3 is 0 Å². The van der Waals surface area contributed by atoms with Crippen LogP contribution < -0.4 is 9.64 Å². The molecule has 0 bridgehead atoms. The van der Waals surface area contributed by atoms with E-state index in [2.05, 4.69) is 32.9 Å². The molecule has 0 fully saturated rings. The average Bonchev–Trinajstić information content (AvgIpc) is 2.42. The maximum Gasteiger partial charge on any atom is 0.232 e. The summed E-state index contributed by atoms with van der Waals surface area (Å²) in [6, 6.07) is 6.08. The van der Waals surface area contributed by atoms with Crippen molar-refractivity contribution in [2.75, 3.05) is 18.6 Å². The lowest BCUT2D eigenvalue weighted by Crippen LogP contribution is -2.41. The number of methoxy groups -OCH3 is 1. The van der Waals surface area contributed by atoms with Gasteiger partial charge in [0.05, 0.1) is 12.8 Å². The van der Waals surface area contributed by atoms with Crippen LogP contribution in [0.5, 0.6) is 5.75 Å². The summed E-state index contributed by atoms with van der Waals surface area (Å²) in [7, 11) is 1.65. The van der Waals surface area contributed by atoms with Gasteiger partial charge in [0.15, 0.2) is 0 Å². The number of rotatable bonds is 5. The molecule has 0 unspecified atom stereocenters. The van der Waals surface area contributed by atoms with E-state index in [1.807, 2.05) is 31.7 Å². The van der Waals surface area contributed by atoms with Gasteiger partial charge in [-0.3, -0.25) is 4.79 Å². The monoisotopic (exact) mass is 291 g/mol. The van der Waals surface area contributed by atoms with Crippen molar-refractivity contribution < 1.29 is 9.53 Å². The first-order chi connectivity index (χ1) is 9.70. The van der Waals surface area contributed by atoms with E-state index in [-0.39, 0.29) is 5.91 Å². The van der Waals surface area contributed by atoms with Gasteiger partial charge in [-0.2, -0.15) is 0 Å². The Labute approximate surface area is 129 Å². The molecule has 0 heterocycles. The van der Waals surface area contributed by atoms with Crippen LogP contribution in [-0.2, 0) is 11.2 Å². The van der Waals surface area contributed by atoms with Gasteiger partial charge in [0.2, 0.25) is 5.91 Å². The summed E-state index contributed by atoms with van der Waals surface area (Å²) in [6.07, 6.45) is 0.941. The second-order valence-electron chi connectivity index (χ2n) is 6.92. The molecule has 0 aliphatic heterocycles. The first-order valence-corrected chi connectivity index (χ1v) is 7.69. The molecule has 0 aliphatic carbocycles. The molecule has 0 spiro atoms. The minimum atomic E-state index is -0.415. The number of aryl methyl sites for hydroxylation is 1. The summed E-state index contributed by atoms with van der Waals surface area (Å²) in [5.74, 6) is 1.28. The Balaban J connectivity index is 3.34. The topological polar surface area (TPSA) is 29.5 Å². The van der Waals surface area contributed by atoms with Crippen LogP contribution in [0, 0.1) is 11.3 Å². The van der Waals surface area contributed by atoms with Gasteiger partial charge in [-0.25, -0.2) is 0 Å². The summed E-state index contributed by atoms with van der Waals surface area (Å²) >= 11 is 0. The molecule has 0 aromatic heterocycles. The van der Waals surface area contributed by atoms with Crippen LogP contribution in [0.1, 0.15) is 47.1 Å². The zero-order chi connectivity index (χ0) is 16.2. The van der Waals surface area contributed by atoms with Crippen LogP contribution in [-0.4, -0.2) is 19.6 Å². The number of amides is 1. The molecule has 1 aromatic rings. The molecule has 0 atom stereocenters. The van der Waals surface area contributed by atoms with Crippen molar-refractivity contribution in [1.82, 2.24) is 0 Å². The van der Waals surface area contributed by atoms with Gasteiger partial charge in [-0.05, 0) is 30.0 Å². The lowest BCUT2D eigenvalue weighted by molar-refractivity contribution is -0.125. The summed E-state index contributed by atoms with van der Waals surface area (Å²) in [6.45, 7) is 12.9. The van der Waals surface area contributed by atoms with Crippen molar-refractivity contribution in [3.8, 4) is 5.75 Å². The lowest BCUT2D eigenvalue weighted by Gasteiger charge is -2.32. The first-order valence-electron chi connectivity index (χ1n) is 7.69. The number of carbonyl (C=O) groups is 1. The number of benzene rings is 1. The predicted octanol–water partition coefficient (Wildman–Crippen LogP) is 4.29. The Morgan fingerprint density at radius 3 is 2.33 bits per heavy atom. The normalized spacial score (nSPS) is 11.6. The Bertz CT molecular complexity index is 486. The molecule has 3 nitrogen and oxygen atoms in total. The van der Waals surface area contributed by atoms with E-state index >= 15 is 0 Å². The van der Waals surface area contributed by atoms with E-state index in [4.69, 9.17) is 4.74 Å². The third kappa shape index (κ3) is 4.48. The lowest BCUT2D eigenvalue weighted by atomic mass is 9.93. The van der Waals surface area contributed by atoms with E-state index in [0.29, 0.717) is 12.5 Å². The molecule has 1 rings (SSSR count). The first kappa shape index (κ1) is 17.5. The minimum Gasteiger partial charge on any atom is -0.495 e. The van der Waals surface area contributed by atoms with Crippen LogP contribution in [0.3, 0.4) is 0 Å². The Morgan fingerprint density at radius 2 is 1.90 bits per heavy atom. The summed E-state index contributed by atoms with van der Waals surface area (Å²) in [4.78, 5) is 14.7. The van der Waals surface area contributed by atoms with Crippen molar-refractivity contribution in [3.63, 3.8) is 0 Å². The van der Waals surface area contributed by atoms with Crippen LogP contribution in [0.2, 0.25) is 0 Å². The van der Waals surface area contributed by atoms with E-state index in [9.17, 15) is 4.79 Å². The van der Waals surface area contributed by atoms with Gasteiger partial charge in [0, 0.05) is 12.0 Å². The fourth-order valence-electron chi connectivity index (χ4n) is 2.23. The predicted molar refractivity (Wildman–Crippen MR) is 89.0 cm³/mol. The number of ether oxygens (including phenoxy) is 1. The van der Waals surface area contributed by atoms with Crippen LogP contribution in [0.4, 0.5) is 5.69 Å². The molecular weight excluding hydrogens is 262 g/mol. The van der Waals surface area contributed by atoms with Gasteiger partial charge in [0.1, 0.15) is 5.75 Å². The zero-order valence-corrected chi connectivity index (χ0v) is 14.5. The smallest absolute Gasteiger partial charge is 0.232 e. The Morgan fingerprint density at radius 1 is 1.29 bits per heavy atom. The molecule has 0 saturated heterocycles. The standard InChI is InChI=1S/C18H29NO2/c1-8-14-9-10-16(21-7)15(11-14)19(12-13(2)3)17(20)18(4,5)6/h9-11,13H,8,12H2,1-7H3. The van der Waals surface area contributed by atoms with E-state index in [0.717, 1.165) is 17.9 Å². The third-order valence-electron chi connectivity index (χ3n) is 3.38. The number of carbonyl (C=O) groups excluding carboxylic acids is 1. The van der Waals surface area contributed by atoms with Crippen molar-refractivity contribution >= 4 is 11.6 Å². The minimum absolute atomic E-state index is 0.128. The Hall–Kier alpha value is -1.51. The Kier molecular flexibility index (Phi) is 5.82. The molecule has 118 valence electrons. The molecule has 21 heavy (non-hydrogen) atoms. The van der Waals surface area contributed by atoms with Crippen molar-refractivity contribution in [1.29, 1.82) is 0 Å². The van der Waals surface area contributed by atoms with Gasteiger partial charge < -0.3 is 9.64 Å². The SMILES string of the molecule is CCc1ccc(OC)c(N(CC(C)C)C(=O)C(C)(C)C)c1. The van der Waals surface area contributed by atoms with E-state index in [1.165, 1.54) is 5.56 Å². The highest BCUT2D eigenvalue weighted by molar-refractivity contribution is 5.98. The van der Waals surface area contributed by atoms with E-state index < -0.39 is 5.41 Å². The molecule has 3 heteroatoms. The van der Waals surface area contributed by atoms with Gasteiger partial charge in [-0.1, -0.05) is 47.6 Å². The second kappa shape index (κ2) is 6.97. The molecule has 1 aromatic carbocycles. The van der Waals surface area contributed by atoms with Crippen molar-refractivity contribution in [2.45, 2.75) is 48.0 Å². The molecule has 0 N–H and O–H groups in total. The summed E-state index contributed by atoms with van der Waals surface area (Å²) < 4.78 is 5.48. The van der Waals surface area contributed by atoms with Crippen molar-refractivity contribution in [2.24, 2.45) is 11.3 Å². The van der Waals surface area contributed by atoms with Gasteiger partial charge in [-0.15, -0.1) is 0 Å². The number of hydrogen-bond acceptors (Lipinski definition) is 2. The highest BCUT2D eigenvalue weighted by atomic mass is 16.5. The van der Waals surface area contributed by atoms with Gasteiger partial charge in [0.25, 0.3) is 0 Å². The number of nitrogens with zero attached hydrogens (tertiary/aromatic N) is 1. The molecule has 0 saturated carbocycles. The second-order valence-corrected chi connectivity index (χ2v) is 6.92. The van der Waals surface area contributed by atoms with Crippen LogP contribution in [0.25, 0.3) is 0 Å². The van der Waals surface area contributed by atoms with E-state index in [1.54, 1.807) is 7.11 Å². The van der Waals surface area contributed by atoms with Crippen molar-refractivity contribution in [3.05, 3.63) is 23.8 Å². The maximum absolute atomic E-state index is 12.8. The van der Waals surface area contributed by atoms with Crippen LogP contribution >= 0.6 is 0 Å². The molecular formula is C18H29NO2. The van der Waals surface area contributed by atoms with Crippen LogP contribution in [0.15, 0.2) is 18.2 Å².